The van der Waals surface area contributed by atoms with Crippen molar-refractivity contribution in [1.82, 2.24) is 5.32 Å². The van der Waals surface area contributed by atoms with Crippen molar-refractivity contribution in [3.8, 4) is 11.5 Å². The van der Waals surface area contributed by atoms with E-state index in [-0.39, 0.29) is 5.91 Å². The van der Waals surface area contributed by atoms with Gasteiger partial charge in [0.15, 0.2) is 16.7 Å². The lowest BCUT2D eigenvalue weighted by Gasteiger charge is -2.12. The van der Waals surface area contributed by atoms with Crippen LogP contribution in [0.4, 0.5) is 5.69 Å². The van der Waals surface area contributed by atoms with Gasteiger partial charge in [0, 0.05) is 4.47 Å². The number of ether oxygens (including phenoxy) is 2. The average molecular weight is 540 g/mol. The second-order valence-electron chi connectivity index (χ2n) is 6.34. The molecule has 1 amide bonds. The van der Waals surface area contributed by atoms with E-state index in [1.54, 1.807) is 7.11 Å². The molecule has 0 atom stereocenters. The number of nitrogens with one attached hydrogen (secondary N) is 1. The molecule has 8 heteroatoms. The van der Waals surface area contributed by atoms with E-state index in [1.165, 1.54) is 11.8 Å². The Morgan fingerprint density at radius 3 is 2.48 bits per heavy atom. The Balaban J connectivity index is 1.89. The van der Waals surface area contributed by atoms with Gasteiger partial charge < -0.3 is 14.8 Å². The highest BCUT2D eigenvalue weighted by Gasteiger charge is 2.24. The summed E-state index contributed by atoms with van der Waals surface area (Å²) in [7, 11) is 1.59. The summed E-state index contributed by atoms with van der Waals surface area (Å²) in [4.78, 5) is 17.6. The Morgan fingerprint density at radius 2 is 1.86 bits per heavy atom. The molecule has 2 aromatic carbocycles. The molecule has 1 N–H and O–H groups in total. The molecule has 0 radical (unpaired) electrons. The van der Waals surface area contributed by atoms with E-state index >= 15 is 0 Å². The van der Waals surface area contributed by atoms with Gasteiger partial charge in [-0.3, -0.25) is 4.79 Å². The highest BCUT2D eigenvalue weighted by Crippen LogP contribution is 2.38. The maximum atomic E-state index is 12.4. The molecule has 0 spiro atoms. The molecule has 0 aromatic heterocycles. The normalized spacial score (nSPS) is 16.4. The predicted octanol–water partition coefficient (Wildman–Crippen LogP) is 6.13. The summed E-state index contributed by atoms with van der Waals surface area (Å²) in [6.07, 6.45) is 1.81. The first kappa shape index (κ1) is 21.9. The van der Waals surface area contributed by atoms with Crippen LogP contribution in [0.15, 0.2) is 43.1 Å². The number of methoxy groups -OCH3 is 1. The molecule has 0 unspecified atom stereocenters. The van der Waals surface area contributed by atoms with E-state index in [2.05, 4.69) is 42.2 Å². The van der Waals surface area contributed by atoms with Gasteiger partial charge in [-0.25, -0.2) is 4.99 Å². The largest absolute Gasteiger partial charge is 0.493 e. The summed E-state index contributed by atoms with van der Waals surface area (Å²) in [5, 5.41) is 3.38. The number of aryl methyl sites for hydroxylation is 2. The average Bonchev–Trinajstić information content (AvgIpc) is 3.00. The molecule has 1 heterocycles. The first-order chi connectivity index (χ1) is 13.8. The molecule has 1 aliphatic heterocycles. The Hall–Kier alpha value is -1.77. The van der Waals surface area contributed by atoms with Crippen molar-refractivity contribution in [3.05, 3.63) is 54.8 Å². The zero-order chi connectivity index (χ0) is 21.1. The van der Waals surface area contributed by atoms with Crippen molar-refractivity contribution in [1.29, 1.82) is 0 Å². The van der Waals surface area contributed by atoms with Crippen LogP contribution in [-0.2, 0) is 4.79 Å². The van der Waals surface area contributed by atoms with Crippen molar-refractivity contribution < 1.29 is 14.3 Å². The number of thioether (sulfide) groups is 1. The summed E-state index contributed by atoms with van der Waals surface area (Å²) in [5.41, 5.74) is 3.82. The van der Waals surface area contributed by atoms with Gasteiger partial charge in [0.25, 0.3) is 5.91 Å². The SMILES string of the molecule is CCOc1c(Br)cc(/C=C2\SC(=Nc3cc(C)c(Br)c(C)c3)NC2=O)cc1OC. The summed E-state index contributed by atoms with van der Waals surface area (Å²) >= 11 is 8.38. The van der Waals surface area contributed by atoms with Crippen LogP contribution in [0.25, 0.3) is 6.08 Å². The maximum Gasteiger partial charge on any atom is 0.264 e. The van der Waals surface area contributed by atoms with Crippen LogP contribution in [0.5, 0.6) is 11.5 Å². The van der Waals surface area contributed by atoms with Gasteiger partial charge in [-0.15, -0.1) is 0 Å². The Bertz CT molecular complexity index is 1010. The van der Waals surface area contributed by atoms with Crippen LogP contribution in [0.1, 0.15) is 23.6 Å². The number of hydrogen-bond donors (Lipinski definition) is 1. The monoisotopic (exact) mass is 538 g/mol. The van der Waals surface area contributed by atoms with E-state index < -0.39 is 0 Å². The summed E-state index contributed by atoms with van der Waals surface area (Å²) in [6.45, 7) is 6.48. The van der Waals surface area contributed by atoms with E-state index in [0.717, 1.165) is 31.3 Å². The third-order valence-corrected chi connectivity index (χ3v) is 6.89. The van der Waals surface area contributed by atoms with Crippen LogP contribution in [0.2, 0.25) is 0 Å². The number of hydrogen-bond acceptors (Lipinski definition) is 5. The van der Waals surface area contributed by atoms with Crippen LogP contribution in [0.3, 0.4) is 0 Å². The summed E-state index contributed by atoms with van der Waals surface area (Å²) < 4.78 is 12.9. The van der Waals surface area contributed by atoms with E-state index in [1.807, 2.05) is 51.1 Å². The van der Waals surface area contributed by atoms with Gasteiger partial charge in [-0.05, 0) is 95.5 Å². The van der Waals surface area contributed by atoms with Crippen LogP contribution >= 0.6 is 43.6 Å². The zero-order valence-electron chi connectivity index (χ0n) is 16.4. The number of benzene rings is 2. The number of halogens is 2. The lowest BCUT2D eigenvalue weighted by atomic mass is 10.1. The minimum atomic E-state index is -0.178. The molecular weight excluding hydrogens is 520 g/mol. The van der Waals surface area contributed by atoms with Crippen LogP contribution in [0, 0.1) is 13.8 Å². The van der Waals surface area contributed by atoms with Gasteiger partial charge in [-0.2, -0.15) is 0 Å². The molecule has 152 valence electrons. The van der Waals surface area contributed by atoms with Crippen LogP contribution < -0.4 is 14.8 Å². The van der Waals surface area contributed by atoms with Crippen LogP contribution in [-0.4, -0.2) is 24.8 Å². The van der Waals surface area contributed by atoms with Crippen molar-refractivity contribution in [2.24, 2.45) is 4.99 Å². The first-order valence-corrected chi connectivity index (χ1v) is 11.3. The third-order valence-electron chi connectivity index (χ3n) is 4.14. The van der Waals surface area contributed by atoms with E-state index in [4.69, 9.17) is 9.47 Å². The third kappa shape index (κ3) is 5.05. The van der Waals surface area contributed by atoms with Crippen molar-refractivity contribution in [2.75, 3.05) is 13.7 Å². The number of amidine groups is 1. The topological polar surface area (TPSA) is 59.9 Å². The lowest BCUT2D eigenvalue weighted by molar-refractivity contribution is -0.115. The number of carbonyl (C=O) groups excluding carboxylic acids is 1. The molecular formula is C21H20Br2N2O3S. The van der Waals surface area contributed by atoms with Crippen molar-refractivity contribution in [3.63, 3.8) is 0 Å². The highest BCUT2D eigenvalue weighted by atomic mass is 79.9. The van der Waals surface area contributed by atoms with E-state index in [9.17, 15) is 4.79 Å². The van der Waals surface area contributed by atoms with E-state index in [0.29, 0.717) is 28.2 Å². The summed E-state index contributed by atoms with van der Waals surface area (Å²) in [6, 6.07) is 7.69. The Labute approximate surface area is 191 Å². The Kier molecular flexibility index (Phi) is 7.08. The quantitative estimate of drug-likeness (QED) is 0.464. The number of rotatable bonds is 5. The molecule has 3 rings (SSSR count). The number of amides is 1. The lowest BCUT2D eigenvalue weighted by Crippen LogP contribution is -2.19. The fourth-order valence-corrected chi connectivity index (χ4v) is 4.49. The molecule has 2 aromatic rings. The fourth-order valence-electron chi connectivity index (χ4n) is 2.84. The first-order valence-electron chi connectivity index (χ1n) is 8.89. The minimum absolute atomic E-state index is 0.178. The van der Waals surface area contributed by atoms with Gasteiger partial charge in [0.1, 0.15) is 0 Å². The predicted molar refractivity (Wildman–Crippen MR) is 126 cm³/mol. The fraction of sp³-hybridized carbons (Fsp3) is 0.238. The minimum Gasteiger partial charge on any atom is -0.493 e. The van der Waals surface area contributed by atoms with Gasteiger partial charge >= 0.3 is 0 Å². The number of carbonyl (C=O) groups is 1. The van der Waals surface area contributed by atoms with Crippen molar-refractivity contribution in [2.45, 2.75) is 20.8 Å². The van der Waals surface area contributed by atoms with Gasteiger partial charge in [-0.1, -0.05) is 15.9 Å². The highest BCUT2D eigenvalue weighted by molar-refractivity contribution is 9.10. The number of aliphatic imine (C=N–C) groups is 1. The molecule has 29 heavy (non-hydrogen) atoms. The standard InChI is InChI=1S/C21H20Br2N2O3S/c1-5-28-19-15(22)8-13(9-16(19)27-4)10-17-20(26)25-21(29-17)24-14-6-11(2)18(23)12(3)7-14/h6-10H,5H2,1-4H3,(H,24,25,26)/b17-10-. The molecule has 1 aliphatic rings. The molecule has 0 bridgehead atoms. The summed E-state index contributed by atoms with van der Waals surface area (Å²) in [5.74, 6) is 1.07. The second-order valence-corrected chi connectivity index (χ2v) is 9.02. The second kappa shape index (κ2) is 9.36. The zero-order valence-corrected chi connectivity index (χ0v) is 20.4. The smallest absolute Gasteiger partial charge is 0.264 e. The maximum absolute atomic E-state index is 12.4. The molecule has 5 nitrogen and oxygen atoms in total. The van der Waals surface area contributed by atoms with Gasteiger partial charge in [0.05, 0.1) is 28.8 Å². The molecule has 1 saturated heterocycles. The van der Waals surface area contributed by atoms with Gasteiger partial charge in [0.2, 0.25) is 0 Å². The molecule has 1 fully saturated rings. The molecule has 0 aliphatic carbocycles. The molecule has 0 saturated carbocycles. The Morgan fingerprint density at radius 1 is 1.17 bits per heavy atom. The number of nitrogens with zero attached hydrogens (tertiary/aromatic N) is 1. The van der Waals surface area contributed by atoms with Crippen molar-refractivity contribution >= 4 is 66.5 Å².